The summed E-state index contributed by atoms with van der Waals surface area (Å²) in [5, 5.41) is 0. The van der Waals surface area contributed by atoms with Gasteiger partial charge in [0.15, 0.2) is 6.10 Å². The normalized spacial score (nSPS) is 29.6. The van der Waals surface area contributed by atoms with Crippen molar-refractivity contribution < 1.29 is 33.0 Å². The van der Waals surface area contributed by atoms with E-state index in [1.807, 2.05) is 13.0 Å². The van der Waals surface area contributed by atoms with Crippen LogP contribution < -0.4 is 0 Å². The van der Waals surface area contributed by atoms with Gasteiger partial charge in [0.2, 0.25) is 0 Å². The standard InChI is InChI=1S/C23H20O7/c1-3-18(24)29-14-8-16-12(2)19-15(21(25)30-20(19)13-5-7-27-10-13)4-6-23(16)11-28-22(26)17(23)9-14/h4-7,9-10,14,20H,3,8,11H2,1-2H3/t14-,20+,23+/m1/s1. The van der Waals surface area contributed by atoms with E-state index in [4.69, 9.17) is 18.6 Å². The van der Waals surface area contributed by atoms with Gasteiger partial charge in [-0.1, -0.05) is 13.0 Å². The number of carbonyl (C=O) groups is 3. The minimum absolute atomic E-state index is 0.154. The van der Waals surface area contributed by atoms with Crippen LogP contribution in [-0.4, -0.2) is 30.6 Å². The Hall–Kier alpha value is -3.35. The summed E-state index contributed by atoms with van der Waals surface area (Å²) in [6.45, 7) is 3.79. The van der Waals surface area contributed by atoms with Crippen LogP contribution in [0.3, 0.4) is 0 Å². The third-order valence-corrected chi connectivity index (χ3v) is 6.23. The number of rotatable bonds is 3. The highest BCUT2D eigenvalue weighted by Crippen LogP contribution is 2.54. The highest BCUT2D eigenvalue weighted by Gasteiger charge is 2.53. The first-order valence-corrected chi connectivity index (χ1v) is 9.90. The second-order valence-electron chi connectivity index (χ2n) is 7.82. The van der Waals surface area contributed by atoms with Gasteiger partial charge >= 0.3 is 17.9 Å². The van der Waals surface area contributed by atoms with Crippen LogP contribution in [-0.2, 0) is 28.6 Å². The van der Waals surface area contributed by atoms with E-state index in [1.54, 1.807) is 31.4 Å². The van der Waals surface area contributed by atoms with Crippen LogP contribution in [0.5, 0.6) is 0 Å². The summed E-state index contributed by atoms with van der Waals surface area (Å²) >= 11 is 0. The molecule has 0 radical (unpaired) electrons. The van der Waals surface area contributed by atoms with Gasteiger partial charge in [-0.05, 0) is 36.3 Å². The molecule has 2 aliphatic heterocycles. The first-order valence-electron chi connectivity index (χ1n) is 9.90. The number of carbonyl (C=O) groups excluding carboxylic acids is 3. The summed E-state index contributed by atoms with van der Waals surface area (Å²) in [5.41, 5.74) is 3.34. The lowest BCUT2D eigenvalue weighted by Gasteiger charge is -2.35. The fourth-order valence-corrected chi connectivity index (χ4v) is 4.75. The van der Waals surface area contributed by atoms with Crippen LogP contribution in [0.1, 0.15) is 38.4 Å². The number of hydrogen-bond acceptors (Lipinski definition) is 7. The monoisotopic (exact) mass is 408 g/mol. The van der Waals surface area contributed by atoms with E-state index in [0.717, 1.165) is 22.3 Å². The molecule has 1 fully saturated rings. The van der Waals surface area contributed by atoms with Crippen LogP contribution >= 0.6 is 0 Å². The zero-order valence-electron chi connectivity index (χ0n) is 16.6. The van der Waals surface area contributed by atoms with Crippen LogP contribution in [0.4, 0.5) is 0 Å². The van der Waals surface area contributed by atoms with Crippen molar-refractivity contribution in [1.29, 1.82) is 0 Å². The maximum Gasteiger partial charge on any atom is 0.339 e. The summed E-state index contributed by atoms with van der Waals surface area (Å²) in [6.07, 6.45) is 7.83. The van der Waals surface area contributed by atoms with Crippen LogP contribution in [0.25, 0.3) is 0 Å². The largest absolute Gasteiger partial charge is 0.472 e. The van der Waals surface area contributed by atoms with Gasteiger partial charge in [0.1, 0.15) is 12.7 Å². The summed E-state index contributed by atoms with van der Waals surface area (Å²) < 4.78 is 21.8. The van der Waals surface area contributed by atoms with E-state index in [9.17, 15) is 14.4 Å². The predicted molar refractivity (Wildman–Crippen MR) is 103 cm³/mol. The first kappa shape index (κ1) is 18.7. The van der Waals surface area contributed by atoms with Gasteiger partial charge in [-0.15, -0.1) is 0 Å². The SMILES string of the molecule is CCC(=O)O[C@H]1C=C2C(=O)OC[C@]23C=CC2=C(C(C)=C3C1)[C@H](c1ccoc1)OC2=O. The first-order chi connectivity index (χ1) is 14.4. The zero-order chi connectivity index (χ0) is 21.0. The van der Waals surface area contributed by atoms with Crippen molar-refractivity contribution in [2.75, 3.05) is 6.61 Å². The van der Waals surface area contributed by atoms with Gasteiger partial charge in [-0.3, -0.25) is 4.79 Å². The molecule has 2 aliphatic carbocycles. The molecule has 0 bridgehead atoms. The Morgan fingerprint density at radius 1 is 1.30 bits per heavy atom. The zero-order valence-corrected chi connectivity index (χ0v) is 16.6. The lowest BCUT2D eigenvalue weighted by atomic mass is 9.68. The van der Waals surface area contributed by atoms with Crippen molar-refractivity contribution in [2.24, 2.45) is 5.41 Å². The van der Waals surface area contributed by atoms with E-state index in [0.29, 0.717) is 17.6 Å². The molecule has 154 valence electrons. The topological polar surface area (TPSA) is 92.0 Å². The molecule has 1 aromatic heterocycles. The van der Waals surface area contributed by atoms with Crippen molar-refractivity contribution in [2.45, 2.75) is 38.9 Å². The molecule has 1 saturated heterocycles. The molecular weight excluding hydrogens is 388 g/mol. The Balaban J connectivity index is 1.67. The van der Waals surface area contributed by atoms with Crippen molar-refractivity contribution in [3.63, 3.8) is 0 Å². The molecular formula is C23H20O7. The number of furan rings is 1. The fourth-order valence-electron chi connectivity index (χ4n) is 4.75. The van der Waals surface area contributed by atoms with Crippen molar-refractivity contribution in [3.8, 4) is 0 Å². The lowest BCUT2D eigenvalue weighted by Crippen LogP contribution is -2.34. The molecule has 0 amide bonds. The Morgan fingerprint density at radius 2 is 2.13 bits per heavy atom. The van der Waals surface area contributed by atoms with E-state index in [2.05, 4.69) is 0 Å². The van der Waals surface area contributed by atoms with Gasteiger partial charge < -0.3 is 18.6 Å². The molecule has 30 heavy (non-hydrogen) atoms. The Kier molecular flexibility index (Phi) is 4.10. The third-order valence-electron chi connectivity index (χ3n) is 6.23. The summed E-state index contributed by atoms with van der Waals surface area (Å²) in [5.74, 6) is -1.20. The smallest absolute Gasteiger partial charge is 0.339 e. The second-order valence-corrected chi connectivity index (χ2v) is 7.82. The molecule has 0 unspecified atom stereocenters. The Morgan fingerprint density at radius 3 is 2.87 bits per heavy atom. The maximum atomic E-state index is 12.7. The molecule has 0 N–H and O–H groups in total. The molecule has 0 aromatic carbocycles. The minimum Gasteiger partial charge on any atom is -0.472 e. The predicted octanol–water partition coefficient (Wildman–Crippen LogP) is 3.26. The molecule has 7 heteroatoms. The van der Waals surface area contributed by atoms with Gasteiger partial charge in [0.25, 0.3) is 0 Å². The minimum atomic E-state index is -0.776. The summed E-state index contributed by atoms with van der Waals surface area (Å²) in [7, 11) is 0. The third kappa shape index (κ3) is 2.54. The molecule has 1 aromatic rings. The molecule has 1 spiro atoms. The van der Waals surface area contributed by atoms with Gasteiger partial charge in [0.05, 0.1) is 29.1 Å². The van der Waals surface area contributed by atoms with E-state index in [-0.39, 0.29) is 19.0 Å². The van der Waals surface area contributed by atoms with E-state index >= 15 is 0 Å². The Bertz CT molecular complexity index is 1080. The summed E-state index contributed by atoms with van der Waals surface area (Å²) in [4.78, 5) is 37.1. The lowest BCUT2D eigenvalue weighted by molar-refractivity contribution is -0.147. The van der Waals surface area contributed by atoms with Crippen LogP contribution in [0, 0.1) is 5.41 Å². The summed E-state index contributed by atoms with van der Waals surface area (Å²) in [6, 6.07) is 1.76. The van der Waals surface area contributed by atoms with Crippen molar-refractivity contribution in [1.82, 2.24) is 0 Å². The van der Waals surface area contributed by atoms with Crippen molar-refractivity contribution in [3.05, 3.63) is 70.2 Å². The van der Waals surface area contributed by atoms with Crippen LogP contribution in [0.2, 0.25) is 0 Å². The molecule has 7 nitrogen and oxygen atoms in total. The maximum absolute atomic E-state index is 12.7. The van der Waals surface area contributed by atoms with Gasteiger partial charge in [-0.25, -0.2) is 9.59 Å². The fraction of sp³-hybridized carbons (Fsp3) is 0.348. The van der Waals surface area contributed by atoms with E-state index in [1.165, 1.54) is 6.26 Å². The van der Waals surface area contributed by atoms with Gasteiger partial charge in [-0.2, -0.15) is 0 Å². The highest BCUT2D eigenvalue weighted by molar-refractivity contribution is 5.99. The average Bonchev–Trinajstić information content (AvgIpc) is 3.43. The Labute approximate surface area is 172 Å². The molecule has 0 saturated carbocycles. The van der Waals surface area contributed by atoms with Crippen molar-refractivity contribution >= 4 is 17.9 Å². The van der Waals surface area contributed by atoms with Gasteiger partial charge in [0, 0.05) is 24.0 Å². The number of cyclic esters (lactones) is 2. The molecule has 5 rings (SSSR count). The molecule has 3 heterocycles. The van der Waals surface area contributed by atoms with Crippen LogP contribution in [0.15, 0.2) is 69.1 Å². The molecule has 3 atom stereocenters. The quantitative estimate of drug-likeness (QED) is 0.560. The molecule has 4 aliphatic rings. The second kappa shape index (κ2) is 6.58. The number of hydrogen-bond donors (Lipinski definition) is 0. The average molecular weight is 408 g/mol. The van der Waals surface area contributed by atoms with E-state index < -0.39 is 29.6 Å². The highest BCUT2D eigenvalue weighted by atomic mass is 16.6. The number of esters is 3. The number of ether oxygens (including phenoxy) is 3.